The number of likely N-dealkylation sites (N-methyl/N-ethyl adjacent to an activating group) is 1. The molecule has 1 aliphatic rings. The van der Waals surface area contributed by atoms with Crippen LogP contribution >= 0.6 is 0 Å². The molecule has 0 radical (unpaired) electrons. The maximum atomic E-state index is 10.3. The number of nitrogens with zero attached hydrogens (tertiary/aromatic N) is 1. The summed E-state index contributed by atoms with van der Waals surface area (Å²) in [6, 6.07) is 6.53. The Balaban J connectivity index is 0.000000641. The van der Waals surface area contributed by atoms with Gasteiger partial charge in [-0.25, -0.2) is 0 Å². The summed E-state index contributed by atoms with van der Waals surface area (Å²) in [6.45, 7) is 6.38. The van der Waals surface area contributed by atoms with E-state index in [-0.39, 0.29) is 0 Å². The van der Waals surface area contributed by atoms with Crippen molar-refractivity contribution >= 4 is 12.0 Å². The number of benzene rings is 1. The molecular weight excluding hydrogens is 248 g/mol. The molecule has 1 aromatic carbocycles. The van der Waals surface area contributed by atoms with Gasteiger partial charge in [0.05, 0.1) is 0 Å². The Morgan fingerprint density at radius 3 is 2.65 bits per heavy atom. The number of allylic oxidation sites excluding steroid dienone is 1. The molecule has 2 rings (SSSR count). The van der Waals surface area contributed by atoms with Crippen LogP contribution in [0.15, 0.2) is 30.9 Å². The quantitative estimate of drug-likeness (QED) is 0.522. The Bertz CT molecular complexity index is 402. The first kappa shape index (κ1) is 18.4. The lowest BCUT2D eigenvalue weighted by Gasteiger charge is -2.16. The van der Waals surface area contributed by atoms with E-state index in [1.165, 1.54) is 23.9 Å². The number of nitrogens with two attached hydrogens (primary N) is 1. The van der Waals surface area contributed by atoms with Crippen molar-refractivity contribution in [3.63, 3.8) is 0 Å². The summed E-state index contributed by atoms with van der Waals surface area (Å²) < 4.78 is 0. The number of hydrogen-bond acceptors (Lipinski definition) is 3. The number of carbonyl (C=O) groups excluding carboxylic acids is 1. The van der Waals surface area contributed by atoms with Gasteiger partial charge in [-0.1, -0.05) is 24.3 Å². The first-order valence-electron chi connectivity index (χ1n) is 7.15. The number of aryl methyl sites for hydroxylation is 1. The molecule has 1 aliphatic heterocycles. The van der Waals surface area contributed by atoms with Crippen LogP contribution in [0.4, 0.5) is 5.69 Å². The molecule has 0 fully saturated rings. The zero-order valence-corrected chi connectivity index (χ0v) is 13.1. The van der Waals surface area contributed by atoms with E-state index in [2.05, 4.69) is 42.5 Å². The summed E-state index contributed by atoms with van der Waals surface area (Å²) >= 11 is 0. The van der Waals surface area contributed by atoms with E-state index >= 15 is 0 Å². The first-order valence-corrected chi connectivity index (χ1v) is 7.15. The molecule has 1 heterocycles. The predicted octanol–water partition coefficient (Wildman–Crippen LogP) is 2.97. The molecule has 0 saturated carbocycles. The Morgan fingerprint density at radius 1 is 1.40 bits per heavy atom. The molecule has 0 bridgehead atoms. The van der Waals surface area contributed by atoms with E-state index in [1.54, 1.807) is 6.08 Å². The second kappa shape index (κ2) is 11.2. The van der Waals surface area contributed by atoms with Crippen LogP contribution in [-0.2, 0) is 17.6 Å². The molecule has 0 saturated heterocycles. The third-order valence-corrected chi connectivity index (χ3v) is 3.07. The summed E-state index contributed by atoms with van der Waals surface area (Å²) in [4.78, 5) is 12.6. The average molecular weight is 276 g/mol. The van der Waals surface area contributed by atoms with Gasteiger partial charge in [-0.3, -0.25) is 0 Å². The van der Waals surface area contributed by atoms with Crippen molar-refractivity contribution in [3.8, 4) is 0 Å². The van der Waals surface area contributed by atoms with Crippen LogP contribution in [0.25, 0.3) is 0 Å². The number of rotatable bonds is 4. The van der Waals surface area contributed by atoms with Crippen molar-refractivity contribution in [2.75, 3.05) is 25.5 Å². The molecule has 0 spiro atoms. The zero-order valence-electron chi connectivity index (χ0n) is 13.1. The van der Waals surface area contributed by atoms with Crippen molar-refractivity contribution < 1.29 is 4.79 Å². The summed E-state index contributed by atoms with van der Waals surface area (Å²) in [5.74, 6) is 0. The van der Waals surface area contributed by atoms with Crippen molar-refractivity contribution in [1.29, 1.82) is 0 Å². The Kier molecular flexibility index (Phi) is 10.3. The Labute approximate surface area is 123 Å². The SMILES string of the molecule is C=CC.CN.CN1CCc2cccc(CCCC=O)c21. The maximum absolute atomic E-state index is 10.3. The predicted molar refractivity (Wildman–Crippen MR) is 88.4 cm³/mol. The summed E-state index contributed by atoms with van der Waals surface area (Å²) in [7, 11) is 3.65. The van der Waals surface area contributed by atoms with E-state index in [9.17, 15) is 4.79 Å². The van der Waals surface area contributed by atoms with Gasteiger partial charge in [-0.2, -0.15) is 0 Å². The van der Waals surface area contributed by atoms with Gasteiger partial charge in [-0.05, 0) is 44.4 Å². The second-order valence-corrected chi connectivity index (χ2v) is 4.56. The van der Waals surface area contributed by atoms with Gasteiger partial charge < -0.3 is 15.4 Å². The van der Waals surface area contributed by atoms with Gasteiger partial charge >= 0.3 is 0 Å². The fraction of sp³-hybridized carbons (Fsp3) is 0.471. The molecule has 0 unspecified atom stereocenters. The minimum Gasteiger partial charge on any atom is -0.374 e. The standard InChI is InChI=1S/C13H17NO.C3H6.CH5N/c1-14-9-8-12-7-4-6-11(13(12)14)5-2-3-10-15;1-3-2;1-2/h4,6-7,10H,2-3,5,8-9H2,1H3;3H,1H2,2H3;2H2,1H3. The van der Waals surface area contributed by atoms with Gasteiger partial charge in [0, 0.05) is 25.7 Å². The molecule has 20 heavy (non-hydrogen) atoms. The third-order valence-electron chi connectivity index (χ3n) is 3.07. The minimum atomic E-state index is 0.674. The molecule has 3 nitrogen and oxygen atoms in total. The maximum Gasteiger partial charge on any atom is 0.120 e. The molecule has 1 aromatic rings. The van der Waals surface area contributed by atoms with Crippen LogP contribution in [0.3, 0.4) is 0 Å². The number of carbonyl (C=O) groups is 1. The third kappa shape index (κ3) is 5.57. The zero-order chi connectivity index (χ0) is 15.4. The fourth-order valence-corrected chi connectivity index (χ4v) is 2.31. The van der Waals surface area contributed by atoms with Crippen molar-refractivity contribution in [2.24, 2.45) is 5.73 Å². The molecule has 112 valence electrons. The summed E-state index contributed by atoms with van der Waals surface area (Å²) in [5, 5.41) is 0. The Hall–Kier alpha value is -1.61. The van der Waals surface area contributed by atoms with E-state index < -0.39 is 0 Å². The fourth-order valence-electron chi connectivity index (χ4n) is 2.31. The summed E-state index contributed by atoms with van der Waals surface area (Å²) in [6.07, 6.45) is 6.58. The highest BCUT2D eigenvalue weighted by Gasteiger charge is 2.18. The van der Waals surface area contributed by atoms with Crippen LogP contribution in [-0.4, -0.2) is 26.9 Å². The van der Waals surface area contributed by atoms with Gasteiger partial charge in [0.2, 0.25) is 0 Å². The number of aldehydes is 1. The van der Waals surface area contributed by atoms with Crippen molar-refractivity contribution in [3.05, 3.63) is 42.0 Å². The first-order chi connectivity index (χ1) is 9.74. The monoisotopic (exact) mass is 276 g/mol. The number of anilines is 1. The van der Waals surface area contributed by atoms with Crippen molar-refractivity contribution in [2.45, 2.75) is 32.6 Å². The molecule has 0 atom stereocenters. The highest BCUT2D eigenvalue weighted by Crippen LogP contribution is 2.31. The van der Waals surface area contributed by atoms with E-state index in [1.807, 2.05) is 6.92 Å². The molecule has 3 heteroatoms. The van der Waals surface area contributed by atoms with E-state index in [4.69, 9.17) is 0 Å². The smallest absolute Gasteiger partial charge is 0.120 e. The number of para-hydroxylation sites is 1. The molecular formula is C17H28N2O. The van der Waals surface area contributed by atoms with Crippen LogP contribution < -0.4 is 10.6 Å². The van der Waals surface area contributed by atoms with Crippen LogP contribution in [0.2, 0.25) is 0 Å². The number of hydrogen-bond donors (Lipinski definition) is 1. The molecule has 0 aliphatic carbocycles. The second-order valence-electron chi connectivity index (χ2n) is 4.56. The molecule has 2 N–H and O–H groups in total. The molecule has 0 amide bonds. The van der Waals surface area contributed by atoms with Crippen molar-refractivity contribution in [1.82, 2.24) is 0 Å². The average Bonchev–Trinajstić information content (AvgIpc) is 2.85. The normalized spacial score (nSPS) is 11.5. The van der Waals surface area contributed by atoms with Crippen LogP contribution in [0.5, 0.6) is 0 Å². The minimum absolute atomic E-state index is 0.674. The van der Waals surface area contributed by atoms with Gasteiger partial charge in [-0.15, -0.1) is 6.58 Å². The van der Waals surface area contributed by atoms with E-state index in [0.717, 1.165) is 32.1 Å². The largest absolute Gasteiger partial charge is 0.374 e. The van der Waals surface area contributed by atoms with Crippen LogP contribution in [0.1, 0.15) is 30.9 Å². The topological polar surface area (TPSA) is 46.3 Å². The number of unbranched alkanes of at least 4 members (excludes halogenated alkanes) is 1. The van der Waals surface area contributed by atoms with Gasteiger partial charge in [0.15, 0.2) is 0 Å². The summed E-state index contributed by atoms with van der Waals surface area (Å²) in [5.41, 5.74) is 8.76. The highest BCUT2D eigenvalue weighted by molar-refractivity contribution is 5.63. The van der Waals surface area contributed by atoms with E-state index in [0.29, 0.717) is 6.42 Å². The van der Waals surface area contributed by atoms with Gasteiger partial charge in [0.1, 0.15) is 6.29 Å². The number of fused-ring (bicyclic) bond motifs is 1. The lowest BCUT2D eigenvalue weighted by molar-refractivity contribution is -0.107. The molecule has 0 aromatic heterocycles. The van der Waals surface area contributed by atoms with Gasteiger partial charge in [0.25, 0.3) is 0 Å². The lowest BCUT2D eigenvalue weighted by atomic mass is 10.0. The Morgan fingerprint density at radius 2 is 2.05 bits per heavy atom. The van der Waals surface area contributed by atoms with Crippen LogP contribution in [0, 0.1) is 0 Å². The highest BCUT2D eigenvalue weighted by atomic mass is 16.1. The lowest BCUT2D eigenvalue weighted by Crippen LogP contribution is -2.14.